The van der Waals surface area contributed by atoms with Crippen LogP contribution in [0, 0.1) is 5.41 Å². The van der Waals surface area contributed by atoms with Gasteiger partial charge in [0.1, 0.15) is 11.6 Å². The molecule has 2 aliphatic rings. The van der Waals surface area contributed by atoms with Gasteiger partial charge in [-0.1, -0.05) is 51.8 Å². The maximum Gasteiger partial charge on any atom is 0.129 e. The zero-order valence-electron chi connectivity index (χ0n) is 24.2. The molecule has 2 aliphatic heterocycles. The molecule has 0 unspecified atom stereocenters. The molecule has 0 bridgehead atoms. The summed E-state index contributed by atoms with van der Waals surface area (Å²) in [4.78, 5) is 6.95. The number of hydrogen-bond donors (Lipinski definition) is 1. The Kier molecular flexibility index (Phi) is 12.2. The number of aromatic nitrogens is 1. The largest absolute Gasteiger partial charge is 0.493 e. The number of benzene rings is 1. The molecular formula is C32H51N3O2. The van der Waals surface area contributed by atoms with Crippen molar-refractivity contribution in [3.8, 4) is 5.75 Å². The Morgan fingerprint density at radius 2 is 1.92 bits per heavy atom. The summed E-state index contributed by atoms with van der Waals surface area (Å²) in [5.74, 6) is 2.21. The highest BCUT2D eigenvalue weighted by Crippen LogP contribution is 2.28. The fourth-order valence-electron chi connectivity index (χ4n) is 5.04. The Bertz CT molecular complexity index is 942. The maximum atomic E-state index is 5.89. The highest BCUT2D eigenvalue weighted by molar-refractivity contribution is 5.47. The van der Waals surface area contributed by atoms with Crippen LogP contribution in [0.3, 0.4) is 0 Å². The number of rotatable bonds is 12. The molecule has 37 heavy (non-hydrogen) atoms. The van der Waals surface area contributed by atoms with Gasteiger partial charge < -0.3 is 19.7 Å². The third-order valence-corrected chi connectivity index (χ3v) is 7.17. The van der Waals surface area contributed by atoms with Crippen molar-refractivity contribution in [3.05, 3.63) is 52.7 Å². The van der Waals surface area contributed by atoms with E-state index in [0.29, 0.717) is 5.41 Å². The summed E-state index contributed by atoms with van der Waals surface area (Å²) in [5, 5.41) is 3.41. The second-order valence-electron chi connectivity index (χ2n) is 11.7. The number of nitrogens with one attached hydrogen (secondary N) is 1. The molecule has 3 heterocycles. The van der Waals surface area contributed by atoms with E-state index in [1.165, 1.54) is 54.5 Å². The van der Waals surface area contributed by atoms with Crippen LogP contribution in [0.5, 0.6) is 5.75 Å². The number of ether oxygens (including phenoxy) is 2. The lowest BCUT2D eigenvalue weighted by Gasteiger charge is -2.24. The van der Waals surface area contributed by atoms with Crippen molar-refractivity contribution in [2.45, 2.75) is 91.5 Å². The summed E-state index contributed by atoms with van der Waals surface area (Å²) in [6, 6.07) is 10.8. The second kappa shape index (κ2) is 15.3. The minimum Gasteiger partial charge on any atom is -0.493 e. The zero-order valence-corrected chi connectivity index (χ0v) is 24.2. The Balaban J connectivity index is 0.000000231. The highest BCUT2D eigenvalue weighted by Gasteiger charge is 2.17. The highest BCUT2D eigenvalue weighted by atomic mass is 16.5. The number of fused-ring (bicyclic) bond motifs is 2. The molecule has 0 fully saturated rings. The smallest absolute Gasteiger partial charge is 0.129 e. The van der Waals surface area contributed by atoms with Crippen molar-refractivity contribution in [1.29, 1.82) is 0 Å². The van der Waals surface area contributed by atoms with E-state index in [1.807, 2.05) is 0 Å². The van der Waals surface area contributed by atoms with Crippen LogP contribution in [-0.2, 0) is 30.5 Å². The summed E-state index contributed by atoms with van der Waals surface area (Å²) < 4.78 is 11.5. The van der Waals surface area contributed by atoms with Gasteiger partial charge in [0.2, 0.25) is 0 Å². The van der Waals surface area contributed by atoms with Crippen molar-refractivity contribution in [1.82, 2.24) is 9.88 Å². The molecule has 0 amide bonds. The molecule has 1 N–H and O–H groups in total. The van der Waals surface area contributed by atoms with E-state index in [0.717, 1.165) is 76.6 Å². The molecule has 0 radical (unpaired) electrons. The fourth-order valence-corrected chi connectivity index (χ4v) is 5.04. The Morgan fingerprint density at radius 3 is 2.73 bits per heavy atom. The van der Waals surface area contributed by atoms with Gasteiger partial charge in [-0.2, -0.15) is 0 Å². The monoisotopic (exact) mass is 509 g/mol. The van der Waals surface area contributed by atoms with Gasteiger partial charge in [0.25, 0.3) is 0 Å². The van der Waals surface area contributed by atoms with Crippen molar-refractivity contribution in [2.24, 2.45) is 5.41 Å². The number of anilines is 1. The molecule has 0 saturated heterocycles. The minimum atomic E-state index is 0.321. The lowest BCUT2D eigenvalue weighted by atomic mass is 9.88. The SMILES string of the molecule is CCCCC(C)(C)COCCCCc1ccc2c(n1)NCCC2.CN(C)Cc1cccc2c1CCCO2. The zero-order chi connectivity index (χ0) is 26.5. The summed E-state index contributed by atoms with van der Waals surface area (Å²) in [6.07, 6.45) is 11.9. The Morgan fingerprint density at radius 1 is 1.05 bits per heavy atom. The van der Waals surface area contributed by atoms with Crippen molar-refractivity contribution in [2.75, 3.05) is 45.8 Å². The molecule has 4 rings (SSSR count). The van der Waals surface area contributed by atoms with Crippen LogP contribution >= 0.6 is 0 Å². The molecular weight excluding hydrogens is 458 g/mol. The molecule has 1 aromatic carbocycles. The lowest BCUT2D eigenvalue weighted by molar-refractivity contribution is 0.0546. The molecule has 5 nitrogen and oxygen atoms in total. The molecule has 206 valence electrons. The molecule has 0 aliphatic carbocycles. The maximum absolute atomic E-state index is 5.89. The number of aryl methyl sites for hydroxylation is 2. The number of hydrogen-bond acceptors (Lipinski definition) is 5. The number of pyridine rings is 1. The standard InChI is InChI=1S/C20H34N2O.C12H17NO/c1-4-5-13-20(2,3)16-23-15-7-6-10-18-12-11-17-9-8-14-21-19(17)22-18;1-13(2)9-10-5-3-7-12-11(10)6-4-8-14-12/h11-12H,4-10,13-16H2,1-3H3,(H,21,22);3,5,7H,4,6,8-9H2,1-2H3. The number of unbranched alkanes of at least 4 members (excludes halogenated alkanes) is 2. The third-order valence-electron chi connectivity index (χ3n) is 7.17. The second-order valence-corrected chi connectivity index (χ2v) is 11.7. The predicted molar refractivity (Wildman–Crippen MR) is 156 cm³/mol. The summed E-state index contributed by atoms with van der Waals surface area (Å²) >= 11 is 0. The van der Waals surface area contributed by atoms with Crippen molar-refractivity contribution >= 4 is 5.82 Å². The average Bonchev–Trinajstić information content (AvgIpc) is 2.90. The normalized spacial score (nSPS) is 14.6. The predicted octanol–water partition coefficient (Wildman–Crippen LogP) is 7.07. The van der Waals surface area contributed by atoms with Crippen LogP contribution in [0.25, 0.3) is 0 Å². The van der Waals surface area contributed by atoms with E-state index in [2.05, 4.69) is 75.4 Å². The topological polar surface area (TPSA) is 46.6 Å². The van der Waals surface area contributed by atoms with Crippen LogP contribution < -0.4 is 10.1 Å². The average molecular weight is 510 g/mol. The van der Waals surface area contributed by atoms with Crippen molar-refractivity contribution in [3.63, 3.8) is 0 Å². The summed E-state index contributed by atoms with van der Waals surface area (Å²) in [6.45, 7) is 11.6. The van der Waals surface area contributed by atoms with E-state index in [1.54, 1.807) is 0 Å². The Hall–Kier alpha value is -2.11. The van der Waals surface area contributed by atoms with Crippen LogP contribution in [-0.4, -0.2) is 50.3 Å². The van der Waals surface area contributed by atoms with Crippen LogP contribution in [0.2, 0.25) is 0 Å². The van der Waals surface area contributed by atoms with Crippen LogP contribution in [0.4, 0.5) is 5.82 Å². The molecule has 0 atom stereocenters. The van der Waals surface area contributed by atoms with E-state index >= 15 is 0 Å². The van der Waals surface area contributed by atoms with Gasteiger partial charge in [-0.05, 0) is 99.7 Å². The first-order valence-electron chi connectivity index (χ1n) is 14.6. The molecule has 2 aromatic rings. The quantitative estimate of drug-likeness (QED) is 0.310. The summed E-state index contributed by atoms with van der Waals surface area (Å²) in [5.41, 5.74) is 5.72. The van der Waals surface area contributed by atoms with Gasteiger partial charge in [0.05, 0.1) is 13.2 Å². The van der Waals surface area contributed by atoms with Gasteiger partial charge in [-0.3, -0.25) is 0 Å². The van der Waals surface area contributed by atoms with E-state index in [9.17, 15) is 0 Å². The van der Waals surface area contributed by atoms with Crippen LogP contribution in [0.1, 0.15) is 88.1 Å². The van der Waals surface area contributed by atoms with Gasteiger partial charge in [-0.25, -0.2) is 4.98 Å². The first-order chi connectivity index (χ1) is 17.9. The van der Waals surface area contributed by atoms with Gasteiger partial charge in [0.15, 0.2) is 0 Å². The molecule has 5 heteroatoms. The first kappa shape index (κ1) is 29.4. The van der Waals surface area contributed by atoms with E-state index in [4.69, 9.17) is 14.5 Å². The minimum absolute atomic E-state index is 0.321. The summed E-state index contributed by atoms with van der Waals surface area (Å²) in [7, 11) is 4.20. The molecule has 0 spiro atoms. The van der Waals surface area contributed by atoms with E-state index in [-0.39, 0.29) is 0 Å². The first-order valence-corrected chi connectivity index (χ1v) is 14.6. The van der Waals surface area contributed by atoms with Gasteiger partial charge >= 0.3 is 0 Å². The van der Waals surface area contributed by atoms with Crippen molar-refractivity contribution < 1.29 is 9.47 Å². The van der Waals surface area contributed by atoms with Gasteiger partial charge in [0, 0.05) is 25.4 Å². The number of nitrogens with zero attached hydrogens (tertiary/aromatic N) is 2. The lowest BCUT2D eigenvalue weighted by Crippen LogP contribution is -2.19. The Labute approximate surface area is 226 Å². The van der Waals surface area contributed by atoms with Gasteiger partial charge in [-0.15, -0.1) is 0 Å². The third kappa shape index (κ3) is 10.3. The fraction of sp³-hybridized carbons (Fsp3) is 0.656. The van der Waals surface area contributed by atoms with E-state index < -0.39 is 0 Å². The molecule has 0 saturated carbocycles. The molecule has 1 aromatic heterocycles. The van der Waals surface area contributed by atoms with Crippen LogP contribution in [0.15, 0.2) is 30.3 Å².